The Balaban J connectivity index is 1.77. The molecule has 1 aliphatic heterocycles. The number of ether oxygens (including phenoxy) is 1. The molecule has 1 fully saturated rings. The van der Waals surface area contributed by atoms with Crippen molar-refractivity contribution in [1.29, 1.82) is 0 Å². The smallest absolute Gasteiger partial charge is 0.308 e. The molecule has 8 heteroatoms. The molecule has 0 bridgehead atoms. The van der Waals surface area contributed by atoms with Crippen LogP contribution >= 0.6 is 0 Å². The molecule has 162 valence electrons. The summed E-state index contributed by atoms with van der Waals surface area (Å²) in [6, 6.07) is 7.98. The van der Waals surface area contributed by atoms with E-state index >= 15 is 0 Å². The molecule has 2 aromatic heterocycles. The number of hydrogen-bond donors (Lipinski definition) is 1. The zero-order valence-corrected chi connectivity index (χ0v) is 17.5. The first-order valence-corrected chi connectivity index (χ1v) is 10.4. The van der Waals surface area contributed by atoms with Crippen LogP contribution in [0.3, 0.4) is 0 Å². The van der Waals surface area contributed by atoms with E-state index in [0.29, 0.717) is 25.2 Å². The van der Waals surface area contributed by atoms with Gasteiger partial charge in [-0.05, 0) is 49.1 Å². The quantitative estimate of drug-likeness (QED) is 0.608. The van der Waals surface area contributed by atoms with Gasteiger partial charge >= 0.3 is 5.97 Å². The highest BCUT2D eigenvalue weighted by Crippen LogP contribution is 2.34. The molecule has 0 amide bonds. The van der Waals surface area contributed by atoms with E-state index in [1.165, 1.54) is 12.1 Å². The average molecular weight is 424 g/mol. The molecule has 2 unspecified atom stereocenters. The second kappa shape index (κ2) is 8.93. The second-order valence-corrected chi connectivity index (χ2v) is 8.08. The van der Waals surface area contributed by atoms with Crippen molar-refractivity contribution >= 4 is 5.97 Å². The summed E-state index contributed by atoms with van der Waals surface area (Å²) >= 11 is 0. The summed E-state index contributed by atoms with van der Waals surface area (Å²) < 4.78 is 20.7. The maximum Gasteiger partial charge on any atom is 0.308 e. The summed E-state index contributed by atoms with van der Waals surface area (Å²) in [7, 11) is 0. The number of hydrogen-bond acceptors (Lipinski definition) is 6. The zero-order chi connectivity index (χ0) is 22.0. The lowest BCUT2D eigenvalue weighted by Gasteiger charge is -2.26. The predicted octanol–water partition coefficient (Wildman–Crippen LogP) is 3.59. The molecule has 31 heavy (non-hydrogen) atoms. The number of aromatic nitrogens is 4. The van der Waals surface area contributed by atoms with Crippen molar-refractivity contribution < 1.29 is 19.0 Å². The van der Waals surface area contributed by atoms with E-state index in [4.69, 9.17) is 9.84 Å². The molecular formula is C23H25FN4O3. The van der Waals surface area contributed by atoms with Crippen LogP contribution in [0.5, 0.6) is 0 Å². The Morgan fingerprint density at radius 1 is 1.23 bits per heavy atom. The molecular weight excluding hydrogens is 399 g/mol. The molecule has 2 atom stereocenters. The van der Waals surface area contributed by atoms with Gasteiger partial charge in [0.05, 0.1) is 23.9 Å². The van der Waals surface area contributed by atoms with E-state index in [2.05, 4.69) is 23.8 Å². The van der Waals surface area contributed by atoms with Gasteiger partial charge in [-0.1, -0.05) is 13.8 Å². The van der Waals surface area contributed by atoms with Crippen molar-refractivity contribution in [2.45, 2.75) is 57.7 Å². The first-order valence-electron chi connectivity index (χ1n) is 10.4. The average Bonchev–Trinajstić information content (AvgIpc) is 3.12. The molecule has 1 N–H and O–H groups in total. The van der Waals surface area contributed by atoms with Crippen LogP contribution in [0.25, 0.3) is 17.2 Å². The van der Waals surface area contributed by atoms with Gasteiger partial charge in [0.25, 0.3) is 5.95 Å². The highest BCUT2D eigenvalue weighted by Gasteiger charge is 2.29. The summed E-state index contributed by atoms with van der Waals surface area (Å²) in [5, 5.41) is 14.7. The van der Waals surface area contributed by atoms with Crippen molar-refractivity contribution in [2.75, 3.05) is 0 Å². The largest absolute Gasteiger partial charge is 0.462 e. The molecule has 7 nitrogen and oxygen atoms in total. The fraction of sp³-hybridized carbons (Fsp3) is 0.391. The number of cyclic esters (lactones) is 1. The number of esters is 1. The topological polar surface area (TPSA) is 90.1 Å². The summed E-state index contributed by atoms with van der Waals surface area (Å²) in [6.45, 7) is 4.11. The molecule has 0 saturated carbocycles. The number of carbonyl (C=O) groups is 1. The minimum atomic E-state index is -0.673. The SMILES string of the molecule is CC(C)c1nn(-c2ncccn2)c(-c2ccc(F)cc2)c1CCC1CC(O)CC(=O)O1. The van der Waals surface area contributed by atoms with Crippen LogP contribution < -0.4 is 0 Å². The lowest BCUT2D eigenvalue weighted by Crippen LogP contribution is -2.32. The third kappa shape index (κ3) is 4.64. The summed E-state index contributed by atoms with van der Waals surface area (Å²) in [5.41, 5.74) is 3.45. The zero-order valence-electron chi connectivity index (χ0n) is 17.5. The first-order chi connectivity index (χ1) is 14.9. The van der Waals surface area contributed by atoms with Gasteiger partial charge in [-0.25, -0.2) is 14.4 Å². The van der Waals surface area contributed by atoms with Gasteiger partial charge in [-0.2, -0.15) is 9.78 Å². The van der Waals surface area contributed by atoms with E-state index in [-0.39, 0.29) is 30.2 Å². The highest BCUT2D eigenvalue weighted by atomic mass is 19.1. The van der Waals surface area contributed by atoms with Crippen molar-refractivity contribution in [2.24, 2.45) is 0 Å². The monoisotopic (exact) mass is 424 g/mol. The van der Waals surface area contributed by atoms with E-state index < -0.39 is 6.10 Å². The third-order valence-electron chi connectivity index (χ3n) is 5.37. The lowest BCUT2D eigenvalue weighted by atomic mass is 9.93. The Bertz CT molecular complexity index is 1050. The van der Waals surface area contributed by atoms with Crippen LogP contribution in [-0.2, 0) is 16.0 Å². The normalized spacial score (nSPS) is 18.9. The summed E-state index contributed by atoms with van der Waals surface area (Å²) in [5.74, 6) is -0.146. The molecule has 0 radical (unpaired) electrons. The van der Waals surface area contributed by atoms with Crippen molar-refractivity contribution in [3.8, 4) is 17.2 Å². The van der Waals surface area contributed by atoms with Gasteiger partial charge in [0, 0.05) is 29.9 Å². The summed E-state index contributed by atoms with van der Waals surface area (Å²) in [4.78, 5) is 20.4. The number of halogens is 1. The lowest BCUT2D eigenvalue weighted by molar-refractivity contribution is -0.160. The molecule has 1 saturated heterocycles. The van der Waals surface area contributed by atoms with Crippen LogP contribution in [-0.4, -0.2) is 43.0 Å². The number of aliphatic hydroxyl groups is 1. The maximum absolute atomic E-state index is 13.6. The number of carbonyl (C=O) groups excluding carboxylic acids is 1. The van der Waals surface area contributed by atoms with Crippen molar-refractivity contribution in [3.05, 3.63) is 59.8 Å². The van der Waals surface area contributed by atoms with E-state index in [1.807, 2.05) is 0 Å². The molecule has 4 rings (SSSR count). The maximum atomic E-state index is 13.6. The third-order valence-corrected chi connectivity index (χ3v) is 5.37. The van der Waals surface area contributed by atoms with Gasteiger partial charge in [0.2, 0.25) is 0 Å². The fourth-order valence-electron chi connectivity index (χ4n) is 3.97. The molecule has 0 spiro atoms. The molecule has 3 heterocycles. The van der Waals surface area contributed by atoms with Crippen LogP contribution in [0.15, 0.2) is 42.7 Å². The molecule has 1 aromatic carbocycles. The number of rotatable bonds is 6. The Kier molecular flexibility index (Phi) is 6.08. The standard InChI is InChI=1S/C23H25FN4O3/c1-14(2)21-19(9-8-18-12-17(29)13-20(30)31-18)22(15-4-6-16(24)7-5-15)28(27-21)23-25-10-3-11-26-23/h3-7,10-11,14,17-18,29H,8-9,12-13H2,1-2H3. The number of benzene rings is 1. The fourth-order valence-corrected chi connectivity index (χ4v) is 3.97. The van der Waals surface area contributed by atoms with Crippen LogP contribution in [0.4, 0.5) is 4.39 Å². The van der Waals surface area contributed by atoms with Gasteiger partial charge < -0.3 is 9.84 Å². The van der Waals surface area contributed by atoms with E-state index in [9.17, 15) is 14.3 Å². The molecule has 3 aromatic rings. The minimum absolute atomic E-state index is 0.0395. The first kappa shape index (κ1) is 21.1. The van der Waals surface area contributed by atoms with Crippen molar-refractivity contribution in [3.63, 3.8) is 0 Å². The van der Waals surface area contributed by atoms with Gasteiger partial charge in [0.1, 0.15) is 11.9 Å². The highest BCUT2D eigenvalue weighted by molar-refractivity contribution is 5.71. The van der Waals surface area contributed by atoms with Gasteiger partial charge in [0.15, 0.2) is 0 Å². The van der Waals surface area contributed by atoms with Crippen LogP contribution in [0.1, 0.15) is 50.3 Å². The van der Waals surface area contributed by atoms with E-state index in [1.54, 1.807) is 35.3 Å². The van der Waals surface area contributed by atoms with Crippen LogP contribution in [0, 0.1) is 5.82 Å². The Morgan fingerprint density at radius 2 is 1.94 bits per heavy atom. The van der Waals surface area contributed by atoms with Crippen molar-refractivity contribution in [1.82, 2.24) is 19.7 Å². The minimum Gasteiger partial charge on any atom is -0.462 e. The Labute approximate surface area is 179 Å². The molecule has 1 aliphatic rings. The van der Waals surface area contributed by atoms with Crippen LogP contribution in [0.2, 0.25) is 0 Å². The van der Waals surface area contributed by atoms with Gasteiger partial charge in [-0.15, -0.1) is 0 Å². The second-order valence-electron chi connectivity index (χ2n) is 8.08. The van der Waals surface area contributed by atoms with Gasteiger partial charge in [-0.3, -0.25) is 4.79 Å². The van der Waals surface area contributed by atoms with E-state index in [0.717, 1.165) is 22.5 Å². The number of aliphatic hydroxyl groups excluding tert-OH is 1. The predicted molar refractivity (Wildman–Crippen MR) is 112 cm³/mol. The Hall–Kier alpha value is -3.13. The number of nitrogens with zero attached hydrogens (tertiary/aromatic N) is 4. The molecule has 0 aliphatic carbocycles. The summed E-state index contributed by atoms with van der Waals surface area (Å²) in [6.07, 6.45) is 3.87. The Morgan fingerprint density at radius 3 is 2.58 bits per heavy atom.